The molecule has 1 aromatic carbocycles. The number of hydrogen-bond donors (Lipinski definition) is 1. The third-order valence-electron chi connectivity index (χ3n) is 4.45. The number of hydrogen-bond acceptors (Lipinski definition) is 2. The van der Waals surface area contributed by atoms with E-state index < -0.39 is 10.8 Å². The van der Waals surface area contributed by atoms with Gasteiger partial charge in [0.15, 0.2) is 0 Å². The predicted molar refractivity (Wildman–Crippen MR) is 87.6 cm³/mol. The van der Waals surface area contributed by atoms with Gasteiger partial charge in [0.2, 0.25) is 0 Å². The van der Waals surface area contributed by atoms with Gasteiger partial charge in [-0.25, -0.2) is 0 Å². The van der Waals surface area contributed by atoms with Crippen LogP contribution in [0.3, 0.4) is 0 Å². The van der Waals surface area contributed by atoms with Crippen LogP contribution in [-0.2, 0) is 16.2 Å². The Hall–Kier alpha value is -0.670. The van der Waals surface area contributed by atoms with Crippen LogP contribution in [0.25, 0.3) is 0 Å². The van der Waals surface area contributed by atoms with Gasteiger partial charge in [-0.05, 0) is 42.7 Å². The molecule has 0 aromatic heterocycles. The quantitative estimate of drug-likeness (QED) is 0.899. The number of nitrogens with one attached hydrogen (secondary N) is 1. The molecule has 112 valence electrons. The molecule has 0 amide bonds. The Morgan fingerprint density at radius 1 is 1.40 bits per heavy atom. The summed E-state index contributed by atoms with van der Waals surface area (Å²) in [5.41, 5.74) is 3.21. The molecule has 1 aliphatic rings. The molecule has 3 atom stereocenters. The lowest BCUT2D eigenvalue weighted by molar-refractivity contribution is 0.336. The molecule has 3 unspecified atom stereocenters. The molecular formula is C17H27NOS. The molecule has 0 aliphatic heterocycles. The second-order valence-corrected chi connectivity index (χ2v) is 8.25. The van der Waals surface area contributed by atoms with Crippen LogP contribution >= 0.6 is 0 Å². The van der Waals surface area contributed by atoms with Gasteiger partial charge in [0.05, 0.1) is 0 Å². The van der Waals surface area contributed by atoms with Crippen LogP contribution in [0.4, 0.5) is 0 Å². The van der Waals surface area contributed by atoms with E-state index in [0.717, 1.165) is 12.2 Å². The molecule has 0 fully saturated rings. The van der Waals surface area contributed by atoms with Gasteiger partial charge in [-0.3, -0.25) is 4.21 Å². The lowest BCUT2D eigenvalue weighted by Gasteiger charge is -2.38. The van der Waals surface area contributed by atoms with Crippen molar-refractivity contribution in [3.05, 3.63) is 35.4 Å². The summed E-state index contributed by atoms with van der Waals surface area (Å²) in [6.07, 6.45) is 5.16. The van der Waals surface area contributed by atoms with Gasteiger partial charge in [-0.1, -0.05) is 38.1 Å². The molecule has 1 aromatic rings. The first kappa shape index (κ1) is 15.7. The molecule has 0 spiro atoms. The summed E-state index contributed by atoms with van der Waals surface area (Å²) in [6.45, 7) is 6.88. The zero-order valence-electron chi connectivity index (χ0n) is 13.1. The lowest BCUT2D eigenvalue weighted by atomic mass is 9.71. The molecule has 3 heteroatoms. The van der Waals surface area contributed by atoms with Gasteiger partial charge in [0.1, 0.15) is 0 Å². The molecule has 0 bridgehead atoms. The average Bonchev–Trinajstić information content (AvgIpc) is 2.40. The van der Waals surface area contributed by atoms with Crippen LogP contribution in [0.5, 0.6) is 0 Å². The van der Waals surface area contributed by atoms with Crippen molar-refractivity contribution in [1.82, 2.24) is 5.32 Å². The molecule has 0 radical (unpaired) electrons. The Morgan fingerprint density at radius 2 is 2.10 bits per heavy atom. The lowest BCUT2D eigenvalue weighted by Crippen LogP contribution is -2.37. The van der Waals surface area contributed by atoms with E-state index in [1.807, 2.05) is 0 Å². The second kappa shape index (κ2) is 6.40. The topological polar surface area (TPSA) is 29.1 Å². The fourth-order valence-electron chi connectivity index (χ4n) is 3.16. The summed E-state index contributed by atoms with van der Waals surface area (Å²) in [6, 6.07) is 9.68. The second-order valence-electron chi connectivity index (χ2n) is 6.70. The van der Waals surface area contributed by atoms with Crippen molar-refractivity contribution in [3.63, 3.8) is 0 Å². The molecule has 0 saturated heterocycles. The zero-order valence-corrected chi connectivity index (χ0v) is 13.9. The molecule has 0 heterocycles. The van der Waals surface area contributed by atoms with Crippen molar-refractivity contribution >= 4 is 10.8 Å². The Kier molecular flexibility index (Phi) is 5.03. The van der Waals surface area contributed by atoms with Gasteiger partial charge >= 0.3 is 0 Å². The first-order chi connectivity index (χ1) is 9.40. The minimum Gasteiger partial charge on any atom is -0.307 e. The summed E-state index contributed by atoms with van der Waals surface area (Å²) in [5, 5.41) is 3.73. The minimum atomic E-state index is -0.690. The normalized spacial score (nSPS) is 23.9. The highest BCUT2D eigenvalue weighted by atomic mass is 32.2. The van der Waals surface area contributed by atoms with Crippen molar-refractivity contribution in [1.29, 1.82) is 0 Å². The van der Waals surface area contributed by atoms with Crippen LogP contribution in [0.15, 0.2) is 24.3 Å². The summed E-state index contributed by atoms with van der Waals surface area (Å²) in [7, 11) is -0.690. The smallest absolute Gasteiger partial charge is 0.0325 e. The van der Waals surface area contributed by atoms with Gasteiger partial charge < -0.3 is 5.32 Å². The number of benzene rings is 1. The van der Waals surface area contributed by atoms with Crippen molar-refractivity contribution in [2.24, 2.45) is 0 Å². The fourth-order valence-corrected chi connectivity index (χ4v) is 3.84. The third-order valence-corrected chi connectivity index (χ3v) is 5.26. The number of rotatable bonds is 5. The minimum absolute atomic E-state index is 0.281. The van der Waals surface area contributed by atoms with Crippen molar-refractivity contribution in [2.75, 3.05) is 12.0 Å². The summed E-state index contributed by atoms with van der Waals surface area (Å²) < 4.78 is 11.2. The van der Waals surface area contributed by atoms with Gasteiger partial charge in [-0.15, -0.1) is 0 Å². The molecule has 2 nitrogen and oxygen atoms in total. The van der Waals surface area contributed by atoms with E-state index in [9.17, 15) is 4.21 Å². The van der Waals surface area contributed by atoms with Gasteiger partial charge in [0, 0.05) is 34.9 Å². The van der Waals surface area contributed by atoms with E-state index in [0.29, 0.717) is 12.1 Å². The molecule has 20 heavy (non-hydrogen) atoms. The molecule has 1 N–H and O–H groups in total. The van der Waals surface area contributed by atoms with Crippen molar-refractivity contribution in [2.45, 2.75) is 57.5 Å². The van der Waals surface area contributed by atoms with Crippen LogP contribution in [0.2, 0.25) is 0 Å². The van der Waals surface area contributed by atoms with E-state index in [1.54, 1.807) is 6.26 Å². The highest BCUT2D eigenvalue weighted by Gasteiger charge is 2.32. The van der Waals surface area contributed by atoms with E-state index in [2.05, 4.69) is 50.4 Å². The Labute approximate surface area is 125 Å². The van der Waals surface area contributed by atoms with E-state index in [-0.39, 0.29) is 5.41 Å². The van der Waals surface area contributed by atoms with Crippen molar-refractivity contribution < 1.29 is 4.21 Å². The third kappa shape index (κ3) is 3.70. The predicted octanol–water partition coefficient (Wildman–Crippen LogP) is 3.55. The van der Waals surface area contributed by atoms with E-state index in [4.69, 9.17) is 0 Å². The maximum absolute atomic E-state index is 11.2. The van der Waals surface area contributed by atoms with Crippen LogP contribution < -0.4 is 5.32 Å². The molecular weight excluding hydrogens is 266 g/mol. The van der Waals surface area contributed by atoms with E-state index >= 15 is 0 Å². The van der Waals surface area contributed by atoms with Crippen LogP contribution in [0, 0.1) is 0 Å². The van der Waals surface area contributed by atoms with Crippen LogP contribution in [0.1, 0.15) is 57.2 Å². The Bertz CT molecular complexity index is 484. The maximum atomic E-state index is 11.2. The first-order valence-electron chi connectivity index (χ1n) is 7.55. The maximum Gasteiger partial charge on any atom is 0.0325 e. The van der Waals surface area contributed by atoms with Crippen LogP contribution in [-0.4, -0.2) is 22.3 Å². The monoisotopic (exact) mass is 293 g/mol. The highest BCUT2D eigenvalue weighted by Crippen LogP contribution is 2.41. The Balaban J connectivity index is 2.09. The summed E-state index contributed by atoms with van der Waals surface area (Å²) in [5.74, 6) is 0.786. The SMILES string of the molecule is CC(CCS(C)=O)NC1CCC(C)(C)c2ccccc21. The molecule has 0 saturated carbocycles. The fraction of sp³-hybridized carbons (Fsp3) is 0.647. The average molecular weight is 293 g/mol. The molecule has 1 aliphatic carbocycles. The molecule has 2 rings (SSSR count). The highest BCUT2D eigenvalue weighted by molar-refractivity contribution is 7.84. The number of fused-ring (bicyclic) bond motifs is 1. The summed E-state index contributed by atoms with van der Waals surface area (Å²) >= 11 is 0. The zero-order chi connectivity index (χ0) is 14.8. The van der Waals surface area contributed by atoms with E-state index in [1.165, 1.54) is 24.0 Å². The van der Waals surface area contributed by atoms with Gasteiger partial charge in [-0.2, -0.15) is 0 Å². The summed E-state index contributed by atoms with van der Waals surface area (Å²) in [4.78, 5) is 0. The first-order valence-corrected chi connectivity index (χ1v) is 9.28. The standard InChI is InChI=1S/C17H27NOS/c1-13(10-12-20(4)19)18-16-9-11-17(2,3)15-8-6-5-7-14(15)16/h5-8,13,16,18H,9-12H2,1-4H3. The largest absolute Gasteiger partial charge is 0.307 e. The van der Waals surface area contributed by atoms with Crippen molar-refractivity contribution in [3.8, 4) is 0 Å². The van der Waals surface area contributed by atoms with Gasteiger partial charge in [0.25, 0.3) is 0 Å². The Morgan fingerprint density at radius 3 is 2.80 bits per heavy atom.